The van der Waals surface area contributed by atoms with Crippen LogP contribution < -0.4 is 0 Å². The average Bonchev–Trinajstić information content (AvgIpc) is 2.03. The molecule has 1 aromatic heterocycles. The van der Waals surface area contributed by atoms with Gasteiger partial charge >= 0.3 is 5.97 Å². The van der Waals surface area contributed by atoms with Crippen molar-refractivity contribution in [3.8, 4) is 0 Å². The second-order valence-electron chi connectivity index (χ2n) is 1.95. The number of hydrogen-bond donors (Lipinski definition) is 0. The van der Waals surface area contributed by atoms with E-state index in [1.807, 2.05) is 0 Å². The summed E-state index contributed by atoms with van der Waals surface area (Å²) >= 11 is 5.45. The molecule has 0 aromatic carbocycles. The summed E-state index contributed by atoms with van der Waals surface area (Å²) in [5.41, 5.74) is -0.332. The lowest BCUT2D eigenvalue weighted by atomic mass is 10.3. The maximum atomic E-state index is 12.9. The van der Waals surface area contributed by atoms with E-state index >= 15 is 0 Å². The third kappa shape index (κ3) is 1.53. The van der Waals surface area contributed by atoms with Crippen LogP contribution in [0.2, 0.25) is 5.15 Å². The van der Waals surface area contributed by atoms with Crippen LogP contribution in [0.5, 0.6) is 0 Å². The summed E-state index contributed by atoms with van der Waals surface area (Å²) in [4.78, 5) is 14.4. The van der Waals surface area contributed by atoms with Crippen molar-refractivity contribution in [3.63, 3.8) is 0 Å². The van der Waals surface area contributed by atoms with Crippen LogP contribution >= 0.6 is 11.6 Å². The van der Waals surface area contributed by atoms with E-state index in [1.165, 1.54) is 6.20 Å². The van der Waals surface area contributed by atoms with Crippen LogP contribution in [0.15, 0.2) is 12.3 Å². The first kappa shape index (κ1) is 8.93. The van der Waals surface area contributed by atoms with Crippen LogP contribution in [-0.2, 0) is 4.74 Å². The van der Waals surface area contributed by atoms with Gasteiger partial charge in [0.25, 0.3) is 0 Å². The van der Waals surface area contributed by atoms with E-state index in [1.54, 1.807) is 0 Å². The van der Waals surface area contributed by atoms with Crippen molar-refractivity contribution in [2.75, 3.05) is 7.11 Å². The van der Waals surface area contributed by atoms with Gasteiger partial charge in [-0.25, -0.2) is 14.2 Å². The number of nitrogens with zero attached hydrogens (tertiary/aromatic N) is 1. The van der Waals surface area contributed by atoms with Crippen molar-refractivity contribution < 1.29 is 13.9 Å². The van der Waals surface area contributed by atoms with E-state index in [9.17, 15) is 9.18 Å². The third-order valence-electron chi connectivity index (χ3n) is 1.24. The maximum absolute atomic E-state index is 12.9. The van der Waals surface area contributed by atoms with Gasteiger partial charge in [-0.15, -0.1) is 0 Å². The first-order valence-corrected chi connectivity index (χ1v) is 3.43. The molecule has 12 heavy (non-hydrogen) atoms. The quantitative estimate of drug-likeness (QED) is 0.498. The average molecular weight is 190 g/mol. The maximum Gasteiger partial charge on any atom is 0.344 e. The molecular formula is C7H5ClFNO2. The van der Waals surface area contributed by atoms with Crippen molar-refractivity contribution in [3.05, 3.63) is 28.8 Å². The van der Waals surface area contributed by atoms with Crippen molar-refractivity contribution in [1.29, 1.82) is 0 Å². The van der Waals surface area contributed by atoms with Gasteiger partial charge < -0.3 is 4.74 Å². The second-order valence-corrected chi connectivity index (χ2v) is 2.31. The van der Waals surface area contributed by atoms with Crippen molar-refractivity contribution in [2.45, 2.75) is 0 Å². The normalized spacial score (nSPS) is 9.58. The number of esters is 1. The molecule has 0 atom stereocenters. The summed E-state index contributed by atoms with van der Waals surface area (Å²) < 4.78 is 17.2. The van der Waals surface area contributed by atoms with Crippen LogP contribution in [-0.4, -0.2) is 18.1 Å². The number of methoxy groups -OCH3 is 1. The van der Waals surface area contributed by atoms with Crippen molar-refractivity contribution in [1.82, 2.24) is 4.98 Å². The smallest absolute Gasteiger partial charge is 0.344 e. The third-order valence-corrected chi connectivity index (χ3v) is 1.53. The fourth-order valence-electron chi connectivity index (χ4n) is 0.698. The zero-order valence-electron chi connectivity index (χ0n) is 6.17. The van der Waals surface area contributed by atoms with Crippen LogP contribution in [0.1, 0.15) is 10.4 Å². The molecule has 3 nitrogen and oxygen atoms in total. The van der Waals surface area contributed by atoms with E-state index in [0.29, 0.717) is 0 Å². The Morgan fingerprint density at radius 3 is 2.92 bits per heavy atom. The lowest BCUT2D eigenvalue weighted by molar-refractivity contribution is 0.0595. The first-order chi connectivity index (χ1) is 5.66. The Morgan fingerprint density at radius 1 is 1.75 bits per heavy atom. The molecule has 1 rings (SSSR count). The molecule has 1 aromatic rings. The van der Waals surface area contributed by atoms with E-state index in [-0.39, 0.29) is 10.7 Å². The summed E-state index contributed by atoms with van der Waals surface area (Å²) in [7, 11) is 1.14. The van der Waals surface area contributed by atoms with Crippen LogP contribution in [0.25, 0.3) is 0 Å². The Morgan fingerprint density at radius 2 is 2.42 bits per heavy atom. The Labute approximate surface area is 73.1 Å². The number of rotatable bonds is 1. The van der Waals surface area contributed by atoms with E-state index in [2.05, 4.69) is 9.72 Å². The van der Waals surface area contributed by atoms with Crippen LogP contribution in [0.4, 0.5) is 4.39 Å². The minimum absolute atomic E-state index is 0.193. The summed E-state index contributed by atoms with van der Waals surface area (Å²) in [6.07, 6.45) is 1.17. The lowest BCUT2D eigenvalue weighted by Crippen LogP contribution is -2.06. The van der Waals surface area contributed by atoms with Crippen molar-refractivity contribution >= 4 is 17.6 Å². The predicted octanol–water partition coefficient (Wildman–Crippen LogP) is 1.66. The Hall–Kier alpha value is -1.16. The molecule has 64 valence electrons. The van der Waals surface area contributed by atoms with Gasteiger partial charge in [0, 0.05) is 6.20 Å². The molecule has 0 saturated heterocycles. The molecule has 0 aliphatic heterocycles. The summed E-state index contributed by atoms with van der Waals surface area (Å²) in [5, 5.41) is -0.193. The lowest BCUT2D eigenvalue weighted by Gasteiger charge is -2.00. The molecule has 0 aliphatic carbocycles. The molecule has 0 amide bonds. The molecule has 1 heterocycles. The standard InChI is InChI=1S/C7H5ClFNO2/c1-12-7(11)5-4(9)2-3-10-6(5)8/h2-3H,1H3. The molecule has 0 aliphatic rings. The number of hydrogen-bond acceptors (Lipinski definition) is 3. The SMILES string of the molecule is COC(=O)c1c(F)ccnc1Cl. The van der Waals surface area contributed by atoms with Gasteiger partial charge in [-0.2, -0.15) is 0 Å². The second kappa shape index (κ2) is 3.49. The van der Waals surface area contributed by atoms with Gasteiger partial charge in [0.2, 0.25) is 0 Å². The van der Waals surface area contributed by atoms with Gasteiger partial charge in [0.05, 0.1) is 7.11 Å². The zero-order valence-corrected chi connectivity index (χ0v) is 6.93. The fourth-order valence-corrected chi connectivity index (χ4v) is 0.922. The van der Waals surface area contributed by atoms with E-state index in [4.69, 9.17) is 11.6 Å². The van der Waals surface area contributed by atoms with E-state index < -0.39 is 11.8 Å². The minimum atomic E-state index is -0.828. The predicted molar refractivity (Wildman–Crippen MR) is 40.5 cm³/mol. The van der Waals surface area contributed by atoms with Gasteiger partial charge in [-0.1, -0.05) is 11.6 Å². The van der Waals surface area contributed by atoms with Gasteiger partial charge in [-0.3, -0.25) is 0 Å². The summed E-state index contributed by atoms with van der Waals surface area (Å²) in [6.45, 7) is 0. The highest BCUT2D eigenvalue weighted by Gasteiger charge is 2.16. The number of carbonyl (C=O) groups is 1. The summed E-state index contributed by atoms with van der Waals surface area (Å²) in [6, 6.07) is 1.04. The number of halogens is 2. The minimum Gasteiger partial charge on any atom is -0.465 e. The van der Waals surface area contributed by atoms with Gasteiger partial charge in [0.15, 0.2) is 0 Å². The molecule has 0 N–H and O–H groups in total. The highest BCUT2D eigenvalue weighted by molar-refractivity contribution is 6.32. The highest BCUT2D eigenvalue weighted by Crippen LogP contribution is 2.16. The largest absolute Gasteiger partial charge is 0.465 e. The first-order valence-electron chi connectivity index (χ1n) is 3.05. The van der Waals surface area contributed by atoms with Gasteiger partial charge in [-0.05, 0) is 6.07 Å². The molecule has 0 saturated carbocycles. The number of aromatic nitrogens is 1. The monoisotopic (exact) mass is 189 g/mol. The molecule has 0 unspecified atom stereocenters. The van der Waals surface area contributed by atoms with E-state index in [0.717, 1.165) is 13.2 Å². The Bertz CT molecular complexity index is 296. The molecule has 0 bridgehead atoms. The number of ether oxygens (including phenoxy) is 1. The molecular weight excluding hydrogens is 185 g/mol. The van der Waals surface area contributed by atoms with Crippen LogP contribution in [0.3, 0.4) is 0 Å². The summed E-state index contributed by atoms with van der Waals surface area (Å²) in [5.74, 6) is -1.56. The van der Waals surface area contributed by atoms with Gasteiger partial charge in [0.1, 0.15) is 16.5 Å². The molecule has 0 spiro atoms. The van der Waals surface area contributed by atoms with Crippen molar-refractivity contribution in [2.24, 2.45) is 0 Å². The molecule has 0 radical (unpaired) electrons. The Balaban J connectivity index is 3.21. The topological polar surface area (TPSA) is 39.2 Å². The highest BCUT2D eigenvalue weighted by atomic mass is 35.5. The number of pyridine rings is 1. The molecule has 5 heteroatoms. The Kier molecular flexibility index (Phi) is 2.60. The zero-order chi connectivity index (χ0) is 9.14. The molecule has 0 fully saturated rings. The van der Waals surface area contributed by atoms with Crippen LogP contribution in [0, 0.1) is 5.82 Å². The fraction of sp³-hybridized carbons (Fsp3) is 0.143. The number of carbonyl (C=O) groups excluding carboxylic acids is 1.